The molecule has 3 N–H and O–H groups in total. The lowest BCUT2D eigenvalue weighted by Gasteiger charge is -2.27. The molecular formula is C27H23Cl2N3O5S. The SMILES string of the molecule is N#Cc1ccccc1-c1ccc([C@H](NS(=O)(=O)c2cc(Cl)cc(Cl)c2)[C@H](C(=O)O)C(=O)C2CCCN2)cc1. The van der Waals surface area contributed by atoms with E-state index in [2.05, 4.69) is 16.1 Å². The summed E-state index contributed by atoms with van der Waals surface area (Å²) in [6.07, 6.45) is 1.16. The summed E-state index contributed by atoms with van der Waals surface area (Å²) in [5, 5.41) is 22.7. The Labute approximate surface area is 230 Å². The quantitative estimate of drug-likeness (QED) is 0.320. The predicted octanol–water partition coefficient (Wildman–Crippen LogP) is 4.57. The molecule has 3 atom stereocenters. The molecule has 4 rings (SSSR count). The number of nitrogens with one attached hydrogen (secondary N) is 2. The Kier molecular flexibility index (Phi) is 8.51. The van der Waals surface area contributed by atoms with Crippen LogP contribution in [0.2, 0.25) is 10.0 Å². The number of sulfonamides is 1. The summed E-state index contributed by atoms with van der Waals surface area (Å²) in [6.45, 7) is 0.563. The number of hydrogen-bond acceptors (Lipinski definition) is 6. The number of nitriles is 1. The molecule has 1 heterocycles. The van der Waals surface area contributed by atoms with Gasteiger partial charge < -0.3 is 10.4 Å². The van der Waals surface area contributed by atoms with E-state index in [1.807, 2.05) is 0 Å². The van der Waals surface area contributed by atoms with Gasteiger partial charge in [0.05, 0.1) is 28.6 Å². The number of carboxylic acid groups (broad SMARTS) is 1. The highest BCUT2D eigenvalue weighted by atomic mass is 35.5. The van der Waals surface area contributed by atoms with Gasteiger partial charge in [-0.1, -0.05) is 65.7 Å². The van der Waals surface area contributed by atoms with Crippen molar-refractivity contribution in [3.8, 4) is 17.2 Å². The molecule has 0 radical (unpaired) electrons. The van der Waals surface area contributed by atoms with Gasteiger partial charge in [-0.25, -0.2) is 13.1 Å². The van der Waals surface area contributed by atoms with Gasteiger partial charge in [0.25, 0.3) is 0 Å². The number of aliphatic carboxylic acids is 1. The Morgan fingerprint density at radius 3 is 2.29 bits per heavy atom. The molecule has 0 aromatic heterocycles. The average molecular weight is 572 g/mol. The zero-order valence-corrected chi connectivity index (χ0v) is 22.2. The van der Waals surface area contributed by atoms with Gasteiger partial charge in [-0.3, -0.25) is 9.59 Å². The standard InChI is InChI=1S/C27H23Cl2N3O5S/c28-19-12-20(29)14-21(13-19)38(36,37)32-25(24(27(34)35)26(33)23-6-3-11-31-23)17-9-7-16(8-10-17)22-5-2-1-4-18(22)15-30/h1-2,4-5,7-10,12-14,23-25,31-32H,3,6,11H2,(H,34,35)/t23?,24-,25-/m0/s1. The van der Waals surface area contributed by atoms with Crippen molar-refractivity contribution in [2.75, 3.05) is 6.54 Å². The summed E-state index contributed by atoms with van der Waals surface area (Å²) in [5.41, 5.74) is 2.04. The topological polar surface area (TPSA) is 136 Å². The molecule has 3 aromatic carbocycles. The molecule has 0 aliphatic carbocycles. The lowest BCUT2D eigenvalue weighted by Crippen LogP contribution is -2.46. The lowest BCUT2D eigenvalue weighted by atomic mass is 9.86. The normalized spacial score (nSPS) is 16.9. The van der Waals surface area contributed by atoms with E-state index in [9.17, 15) is 28.4 Å². The molecule has 11 heteroatoms. The summed E-state index contributed by atoms with van der Waals surface area (Å²) in [6, 6.07) is 17.1. The second-order valence-corrected chi connectivity index (χ2v) is 11.4. The number of halogens is 2. The molecule has 1 aliphatic rings. The Balaban J connectivity index is 1.78. The lowest BCUT2D eigenvalue weighted by molar-refractivity contribution is -0.148. The summed E-state index contributed by atoms with van der Waals surface area (Å²) in [4.78, 5) is 25.5. The fourth-order valence-corrected chi connectivity index (χ4v) is 6.48. The third kappa shape index (κ3) is 6.07. The molecule has 1 unspecified atom stereocenters. The molecule has 0 saturated carbocycles. The summed E-state index contributed by atoms with van der Waals surface area (Å²) >= 11 is 12.0. The maximum atomic E-state index is 13.4. The van der Waals surface area contributed by atoms with Gasteiger partial charge in [0, 0.05) is 10.0 Å². The van der Waals surface area contributed by atoms with Gasteiger partial charge in [-0.05, 0) is 60.3 Å². The van der Waals surface area contributed by atoms with Crippen LogP contribution in [-0.4, -0.2) is 37.9 Å². The highest BCUT2D eigenvalue weighted by Gasteiger charge is 2.42. The van der Waals surface area contributed by atoms with Crippen molar-refractivity contribution < 1.29 is 23.1 Å². The van der Waals surface area contributed by atoms with Crippen LogP contribution in [0.15, 0.2) is 71.6 Å². The van der Waals surface area contributed by atoms with E-state index in [-0.39, 0.29) is 20.5 Å². The minimum atomic E-state index is -4.36. The van der Waals surface area contributed by atoms with Crippen LogP contribution < -0.4 is 10.0 Å². The first-order chi connectivity index (χ1) is 18.1. The van der Waals surface area contributed by atoms with Crippen LogP contribution in [0.25, 0.3) is 11.1 Å². The first-order valence-corrected chi connectivity index (χ1v) is 13.9. The molecule has 0 spiro atoms. The zero-order valence-electron chi connectivity index (χ0n) is 19.9. The summed E-state index contributed by atoms with van der Waals surface area (Å²) in [7, 11) is -4.36. The number of benzene rings is 3. The molecule has 1 aliphatic heterocycles. The maximum absolute atomic E-state index is 13.4. The Hall–Kier alpha value is -3.26. The number of carboxylic acids is 1. The zero-order chi connectivity index (χ0) is 27.4. The predicted molar refractivity (Wildman–Crippen MR) is 143 cm³/mol. The molecule has 196 valence electrons. The van der Waals surface area contributed by atoms with Crippen molar-refractivity contribution in [2.45, 2.75) is 29.8 Å². The molecule has 3 aromatic rings. The number of rotatable bonds is 9. The number of hydrogen-bond donors (Lipinski definition) is 3. The number of carbonyl (C=O) groups excluding carboxylic acids is 1. The Bertz CT molecular complexity index is 1490. The third-order valence-electron chi connectivity index (χ3n) is 6.37. The molecular weight excluding hydrogens is 549 g/mol. The van der Waals surface area contributed by atoms with Crippen LogP contribution in [0.3, 0.4) is 0 Å². The van der Waals surface area contributed by atoms with Crippen molar-refractivity contribution in [2.24, 2.45) is 5.92 Å². The van der Waals surface area contributed by atoms with Gasteiger partial charge in [-0.15, -0.1) is 0 Å². The van der Waals surface area contributed by atoms with E-state index < -0.39 is 39.8 Å². The largest absolute Gasteiger partial charge is 0.481 e. The van der Waals surface area contributed by atoms with Crippen molar-refractivity contribution >= 4 is 45.0 Å². The Morgan fingerprint density at radius 1 is 1.05 bits per heavy atom. The minimum Gasteiger partial charge on any atom is -0.481 e. The van der Waals surface area contributed by atoms with Gasteiger partial charge in [0.2, 0.25) is 10.0 Å². The molecule has 8 nitrogen and oxygen atoms in total. The van der Waals surface area contributed by atoms with Gasteiger partial charge in [-0.2, -0.15) is 5.26 Å². The molecule has 38 heavy (non-hydrogen) atoms. The van der Waals surface area contributed by atoms with Crippen molar-refractivity contribution in [1.82, 2.24) is 10.0 Å². The Morgan fingerprint density at radius 2 is 1.71 bits per heavy atom. The molecule has 0 amide bonds. The number of Topliss-reactive ketones (excluding diaryl/α,β-unsaturated/α-hetero) is 1. The van der Waals surface area contributed by atoms with E-state index in [1.165, 1.54) is 18.2 Å². The van der Waals surface area contributed by atoms with Crippen LogP contribution in [-0.2, 0) is 19.6 Å². The number of ketones is 1. The average Bonchev–Trinajstić information content (AvgIpc) is 3.43. The monoisotopic (exact) mass is 571 g/mol. The van der Waals surface area contributed by atoms with Crippen LogP contribution in [0.5, 0.6) is 0 Å². The third-order valence-corrected chi connectivity index (χ3v) is 8.22. The highest BCUT2D eigenvalue weighted by molar-refractivity contribution is 7.89. The molecule has 1 fully saturated rings. The first-order valence-electron chi connectivity index (χ1n) is 11.7. The van der Waals surface area contributed by atoms with E-state index in [0.717, 1.165) is 0 Å². The summed E-state index contributed by atoms with van der Waals surface area (Å²) in [5.74, 6) is -3.79. The molecule has 1 saturated heterocycles. The van der Waals surface area contributed by atoms with Crippen LogP contribution >= 0.6 is 23.2 Å². The number of carbonyl (C=O) groups is 2. The van der Waals surface area contributed by atoms with E-state index >= 15 is 0 Å². The van der Waals surface area contributed by atoms with Gasteiger partial charge in [0.15, 0.2) is 5.78 Å². The van der Waals surface area contributed by atoms with Crippen LogP contribution in [0.4, 0.5) is 0 Å². The van der Waals surface area contributed by atoms with Gasteiger partial charge in [0.1, 0.15) is 5.92 Å². The maximum Gasteiger partial charge on any atom is 0.316 e. The van der Waals surface area contributed by atoms with E-state index in [0.29, 0.717) is 36.1 Å². The minimum absolute atomic E-state index is 0.0796. The van der Waals surface area contributed by atoms with Gasteiger partial charge >= 0.3 is 5.97 Å². The first kappa shape index (κ1) is 27.8. The summed E-state index contributed by atoms with van der Waals surface area (Å²) < 4.78 is 29.2. The van der Waals surface area contributed by atoms with Crippen molar-refractivity contribution in [3.63, 3.8) is 0 Å². The van der Waals surface area contributed by atoms with E-state index in [4.69, 9.17) is 23.2 Å². The fraction of sp³-hybridized carbons (Fsp3) is 0.222. The van der Waals surface area contributed by atoms with Crippen molar-refractivity contribution in [1.29, 1.82) is 5.26 Å². The molecule has 0 bridgehead atoms. The smallest absolute Gasteiger partial charge is 0.316 e. The van der Waals surface area contributed by atoms with E-state index in [1.54, 1.807) is 48.5 Å². The second-order valence-electron chi connectivity index (χ2n) is 8.85. The van der Waals surface area contributed by atoms with Crippen molar-refractivity contribution in [3.05, 3.63) is 87.9 Å². The highest BCUT2D eigenvalue weighted by Crippen LogP contribution is 2.32. The van der Waals surface area contributed by atoms with Crippen LogP contribution in [0.1, 0.15) is 30.0 Å². The second kappa shape index (κ2) is 11.6. The fourth-order valence-electron chi connectivity index (χ4n) is 4.52. The van der Waals surface area contributed by atoms with Crippen LogP contribution in [0, 0.1) is 17.2 Å². The number of nitrogens with zero attached hydrogens (tertiary/aromatic N) is 1.